The summed E-state index contributed by atoms with van der Waals surface area (Å²) in [6.07, 6.45) is 0. The summed E-state index contributed by atoms with van der Waals surface area (Å²) in [5, 5.41) is 0. The van der Waals surface area contributed by atoms with Crippen LogP contribution in [0.5, 0.6) is 0 Å². The van der Waals surface area contributed by atoms with Crippen LogP contribution in [-0.2, 0) is 4.74 Å². The van der Waals surface area contributed by atoms with E-state index >= 15 is 0 Å². The molecule has 1 unspecified atom stereocenters. The van der Waals surface area contributed by atoms with E-state index in [0.29, 0.717) is 23.2 Å². The van der Waals surface area contributed by atoms with Gasteiger partial charge in [0.25, 0.3) is 5.91 Å². The molecule has 0 aliphatic rings. The summed E-state index contributed by atoms with van der Waals surface area (Å²) in [4.78, 5) is 13.7. The monoisotopic (exact) mass is 381 g/mol. The van der Waals surface area contributed by atoms with Gasteiger partial charge in [-0.05, 0) is 34.1 Å². The van der Waals surface area contributed by atoms with Crippen LogP contribution in [-0.4, -0.2) is 42.9 Å². The lowest BCUT2D eigenvalue weighted by molar-refractivity contribution is 0.0783. The molecule has 1 atom stereocenters. The summed E-state index contributed by atoms with van der Waals surface area (Å²) in [7, 11) is 3.27. The zero-order valence-electron chi connectivity index (χ0n) is 10.1. The van der Waals surface area contributed by atoms with Gasteiger partial charge >= 0.3 is 0 Å². The van der Waals surface area contributed by atoms with Gasteiger partial charge in [-0.2, -0.15) is 0 Å². The molecule has 1 rings (SSSR count). The van der Waals surface area contributed by atoms with Crippen molar-refractivity contribution in [3.8, 4) is 0 Å². The molecule has 0 N–H and O–H groups in total. The van der Waals surface area contributed by atoms with E-state index in [9.17, 15) is 9.18 Å². The highest BCUT2D eigenvalue weighted by molar-refractivity contribution is 9.10. The number of alkyl halides is 1. The third-order valence-corrected chi connectivity index (χ3v) is 3.57. The topological polar surface area (TPSA) is 29.5 Å². The van der Waals surface area contributed by atoms with E-state index in [4.69, 9.17) is 4.74 Å². The van der Waals surface area contributed by atoms with Gasteiger partial charge in [-0.3, -0.25) is 4.79 Å². The molecule has 0 aromatic heterocycles. The molecule has 1 aromatic carbocycles. The molecular weight excluding hydrogens is 369 g/mol. The van der Waals surface area contributed by atoms with E-state index in [1.165, 1.54) is 23.1 Å². The number of carbonyl (C=O) groups is 1. The molecule has 18 heavy (non-hydrogen) atoms. The second-order valence-electron chi connectivity index (χ2n) is 3.86. The normalized spacial score (nSPS) is 12.3. The van der Waals surface area contributed by atoms with Crippen LogP contribution >= 0.6 is 31.9 Å². The summed E-state index contributed by atoms with van der Waals surface area (Å²) in [6.45, 7) is 0.984. The Morgan fingerprint density at radius 2 is 2.22 bits per heavy atom. The number of methoxy groups -OCH3 is 1. The molecular formula is C12H14Br2FNO2. The third-order valence-electron chi connectivity index (χ3n) is 2.32. The Hall–Kier alpha value is -0.460. The molecule has 0 fully saturated rings. The van der Waals surface area contributed by atoms with Gasteiger partial charge in [0.05, 0.1) is 17.0 Å². The lowest BCUT2D eigenvalue weighted by Gasteiger charge is -2.20. The van der Waals surface area contributed by atoms with Gasteiger partial charge in [-0.25, -0.2) is 4.39 Å². The molecule has 0 heterocycles. The zero-order valence-corrected chi connectivity index (χ0v) is 13.3. The Balaban J connectivity index is 2.77. The fraction of sp³-hybridized carbons (Fsp3) is 0.417. The maximum atomic E-state index is 13.1. The molecule has 6 heteroatoms. The van der Waals surface area contributed by atoms with E-state index in [0.717, 1.165) is 0 Å². The number of nitrogens with zero attached hydrogens (tertiary/aromatic N) is 1. The van der Waals surface area contributed by atoms with Crippen molar-refractivity contribution < 1.29 is 13.9 Å². The maximum absolute atomic E-state index is 13.1. The second-order valence-corrected chi connectivity index (χ2v) is 6.01. The van der Waals surface area contributed by atoms with Gasteiger partial charge in [0.15, 0.2) is 0 Å². The van der Waals surface area contributed by atoms with Gasteiger partial charge in [0.1, 0.15) is 5.82 Å². The van der Waals surface area contributed by atoms with Crippen LogP contribution in [0.2, 0.25) is 0 Å². The molecule has 0 saturated heterocycles. The van der Waals surface area contributed by atoms with E-state index in [1.54, 1.807) is 14.2 Å². The quantitative estimate of drug-likeness (QED) is 0.732. The lowest BCUT2D eigenvalue weighted by Crippen LogP contribution is -2.34. The molecule has 0 aliphatic heterocycles. The predicted molar refractivity (Wildman–Crippen MR) is 75.7 cm³/mol. The highest BCUT2D eigenvalue weighted by Crippen LogP contribution is 2.19. The first-order valence-corrected chi connectivity index (χ1v) is 7.00. The molecule has 3 nitrogen and oxygen atoms in total. The molecule has 0 bridgehead atoms. The van der Waals surface area contributed by atoms with Crippen LogP contribution in [0.3, 0.4) is 0 Å². The van der Waals surface area contributed by atoms with Gasteiger partial charge in [-0.1, -0.05) is 15.9 Å². The molecule has 0 saturated carbocycles. The average molecular weight is 383 g/mol. The van der Waals surface area contributed by atoms with E-state index < -0.39 is 5.82 Å². The SMILES string of the molecule is COCC(Br)CN(C)C(=O)c1cc(F)ccc1Br. The van der Waals surface area contributed by atoms with Crippen molar-refractivity contribution in [1.82, 2.24) is 4.90 Å². The van der Waals surface area contributed by atoms with Crippen molar-refractivity contribution in [3.05, 3.63) is 34.1 Å². The number of benzene rings is 1. The van der Waals surface area contributed by atoms with Crippen molar-refractivity contribution in [2.75, 3.05) is 27.3 Å². The zero-order chi connectivity index (χ0) is 13.7. The van der Waals surface area contributed by atoms with E-state index in [2.05, 4.69) is 31.9 Å². The van der Waals surface area contributed by atoms with Gasteiger partial charge in [-0.15, -0.1) is 0 Å². The number of ether oxygens (including phenoxy) is 1. The van der Waals surface area contributed by atoms with Crippen LogP contribution in [0.25, 0.3) is 0 Å². The van der Waals surface area contributed by atoms with Crippen molar-refractivity contribution in [3.63, 3.8) is 0 Å². The van der Waals surface area contributed by atoms with E-state index in [1.807, 2.05) is 0 Å². The molecule has 0 aliphatic carbocycles. The Morgan fingerprint density at radius 1 is 1.56 bits per heavy atom. The highest BCUT2D eigenvalue weighted by atomic mass is 79.9. The number of hydrogen-bond donors (Lipinski definition) is 0. The number of halogens is 3. The first kappa shape index (κ1) is 15.6. The fourth-order valence-electron chi connectivity index (χ4n) is 1.48. The van der Waals surface area contributed by atoms with Crippen molar-refractivity contribution in [1.29, 1.82) is 0 Å². The van der Waals surface area contributed by atoms with Crippen molar-refractivity contribution in [2.45, 2.75) is 4.83 Å². The first-order valence-electron chi connectivity index (χ1n) is 5.29. The van der Waals surface area contributed by atoms with Gasteiger partial charge in [0.2, 0.25) is 0 Å². The molecule has 0 radical (unpaired) electrons. The third kappa shape index (κ3) is 4.33. The van der Waals surface area contributed by atoms with Crippen LogP contribution in [0.1, 0.15) is 10.4 Å². The van der Waals surface area contributed by atoms with Gasteiger partial charge < -0.3 is 9.64 Å². The number of hydrogen-bond acceptors (Lipinski definition) is 2. The summed E-state index contributed by atoms with van der Waals surface area (Å²) in [5.74, 6) is -0.663. The van der Waals surface area contributed by atoms with Crippen molar-refractivity contribution in [2.24, 2.45) is 0 Å². The smallest absolute Gasteiger partial charge is 0.254 e. The minimum atomic E-state index is -0.428. The molecule has 1 aromatic rings. The Labute approximate surface area is 123 Å². The fourth-order valence-corrected chi connectivity index (χ4v) is 2.60. The Morgan fingerprint density at radius 3 is 2.83 bits per heavy atom. The number of rotatable bonds is 5. The molecule has 1 amide bonds. The van der Waals surface area contributed by atoms with Gasteiger partial charge in [0, 0.05) is 25.2 Å². The average Bonchev–Trinajstić information content (AvgIpc) is 2.31. The highest BCUT2D eigenvalue weighted by Gasteiger charge is 2.18. The molecule has 100 valence electrons. The number of carbonyl (C=O) groups excluding carboxylic acids is 1. The summed E-state index contributed by atoms with van der Waals surface area (Å²) in [6, 6.07) is 4.05. The second kappa shape index (κ2) is 7.21. The van der Waals surface area contributed by atoms with Crippen LogP contribution in [0.15, 0.2) is 22.7 Å². The Bertz CT molecular complexity index is 429. The summed E-state index contributed by atoms with van der Waals surface area (Å²) in [5.41, 5.74) is 0.314. The van der Waals surface area contributed by atoms with Crippen LogP contribution < -0.4 is 0 Å². The predicted octanol–water partition coefficient (Wildman–Crippen LogP) is 3.07. The Kier molecular flexibility index (Phi) is 6.25. The lowest BCUT2D eigenvalue weighted by atomic mass is 10.2. The maximum Gasteiger partial charge on any atom is 0.254 e. The van der Waals surface area contributed by atoms with Crippen molar-refractivity contribution >= 4 is 37.8 Å². The first-order chi connectivity index (χ1) is 8.45. The van der Waals surface area contributed by atoms with Crippen LogP contribution in [0, 0.1) is 5.82 Å². The summed E-state index contributed by atoms with van der Waals surface area (Å²) < 4.78 is 18.7. The standard InChI is InChI=1S/C12H14Br2FNO2/c1-16(6-8(13)7-18-2)12(17)10-5-9(15)3-4-11(10)14/h3-5,8H,6-7H2,1-2H3. The number of amides is 1. The largest absolute Gasteiger partial charge is 0.383 e. The minimum absolute atomic E-state index is 0.0452. The minimum Gasteiger partial charge on any atom is -0.383 e. The van der Waals surface area contributed by atoms with Crippen LogP contribution in [0.4, 0.5) is 4.39 Å². The summed E-state index contributed by atoms with van der Waals surface area (Å²) >= 11 is 6.65. The molecule has 0 spiro atoms. The van der Waals surface area contributed by atoms with E-state index in [-0.39, 0.29) is 10.7 Å².